The second kappa shape index (κ2) is 5.30. The third kappa shape index (κ3) is 2.43. The van der Waals surface area contributed by atoms with Gasteiger partial charge in [-0.2, -0.15) is 5.10 Å². The third-order valence-electron chi connectivity index (χ3n) is 3.77. The minimum absolute atomic E-state index is 0.853. The predicted octanol–water partition coefficient (Wildman–Crippen LogP) is 4.45. The van der Waals surface area contributed by atoms with E-state index in [0.29, 0.717) is 0 Å². The van der Waals surface area contributed by atoms with Crippen molar-refractivity contribution in [3.8, 4) is 0 Å². The number of nitrogens with one attached hydrogen (secondary N) is 1. The van der Waals surface area contributed by atoms with E-state index in [2.05, 4.69) is 45.8 Å². The van der Waals surface area contributed by atoms with Crippen molar-refractivity contribution in [1.29, 1.82) is 0 Å². The maximum absolute atomic E-state index is 4.60. The van der Waals surface area contributed by atoms with Crippen LogP contribution in [0.15, 0.2) is 53.6 Å². The van der Waals surface area contributed by atoms with Crippen molar-refractivity contribution in [3.63, 3.8) is 0 Å². The monoisotopic (exact) mass is 293 g/mol. The number of aryl methyl sites for hydroxylation is 1. The van der Waals surface area contributed by atoms with Gasteiger partial charge in [-0.25, -0.2) is 4.98 Å². The number of hydrogen-bond donors (Lipinski definition) is 1. The highest BCUT2D eigenvalue weighted by atomic mass is 32.1. The van der Waals surface area contributed by atoms with Crippen LogP contribution >= 0.6 is 11.3 Å². The normalized spacial score (nSPS) is 16.1. The summed E-state index contributed by atoms with van der Waals surface area (Å²) in [5.41, 5.74) is 7.97. The number of nitrogens with zero attached hydrogens (tertiary/aromatic N) is 2. The van der Waals surface area contributed by atoms with Gasteiger partial charge < -0.3 is 0 Å². The van der Waals surface area contributed by atoms with E-state index < -0.39 is 0 Å². The van der Waals surface area contributed by atoms with E-state index in [-0.39, 0.29) is 0 Å². The van der Waals surface area contributed by atoms with Gasteiger partial charge in [0.05, 0.1) is 15.9 Å². The smallest absolute Gasteiger partial charge is 0.204 e. The van der Waals surface area contributed by atoms with Crippen LogP contribution < -0.4 is 5.43 Å². The standard InChI is InChI=1S/C17H15N3S/c1-2-8-13-12(6-1)7-5-10-14(13)19-20-17-18-15-9-3-4-11-16(15)21-17/h1-4,6,8-9,11H,5,7,10H2,(H,18,20). The first-order chi connectivity index (χ1) is 10.4. The molecule has 104 valence electrons. The summed E-state index contributed by atoms with van der Waals surface area (Å²) in [5.74, 6) is 0. The van der Waals surface area contributed by atoms with Gasteiger partial charge in [-0.1, -0.05) is 47.7 Å². The van der Waals surface area contributed by atoms with Crippen molar-refractivity contribution in [2.75, 3.05) is 5.43 Å². The van der Waals surface area contributed by atoms with Gasteiger partial charge in [0.25, 0.3) is 0 Å². The van der Waals surface area contributed by atoms with Gasteiger partial charge in [0, 0.05) is 5.56 Å². The third-order valence-corrected chi connectivity index (χ3v) is 4.71. The average Bonchev–Trinajstić information content (AvgIpc) is 2.96. The van der Waals surface area contributed by atoms with Crippen molar-refractivity contribution in [1.82, 2.24) is 4.98 Å². The molecule has 1 aliphatic carbocycles. The van der Waals surface area contributed by atoms with E-state index in [4.69, 9.17) is 0 Å². The Bertz CT molecular complexity index is 787. The summed E-state index contributed by atoms with van der Waals surface area (Å²) < 4.78 is 1.18. The Hall–Kier alpha value is -2.20. The molecule has 1 aromatic heterocycles. The second-order valence-electron chi connectivity index (χ2n) is 5.17. The molecule has 2 aromatic carbocycles. The topological polar surface area (TPSA) is 37.3 Å². The van der Waals surface area contributed by atoms with E-state index in [0.717, 1.165) is 35.6 Å². The van der Waals surface area contributed by atoms with E-state index in [1.807, 2.05) is 18.2 Å². The van der Waals surface area contributed by atoms with Gasteiger partial charge in [0.1, 0.15) is 0 Å². The Morgan fingerprint density at radius 3 is 2.81 bits per heavy atom. The van der Waals surface area contributed by atoms with Gasteiger partial charge in [-0.05, 0) is 37.0 Å². The summed E-state index contributed by atoms with van der Waals surface area (Å²) in [6.07, 6.45) is 3.34. The molecule has 0 aliphatic heterocycles. The van der Waals surface area contributed by atoms with E-state index in [1.165, 1.54) is 15.8 Å². The van der Waals surface area contributed by atoms with E-state index in [1.54, 1.807) is 11.3 Å². The summed E-state index contributed by atoms with van der Waals surface area (Å²) in [6.45, 7) is 0. The van der Waals surface area contributed by atoms with Gasteiger partial charge in [0.2, 0.25) is 5.13 Å². The summed E-state index contributed by atoms with van der Waals surface area (Å²) in [7, 11) is 0. The summed E-state index contributed by atoms with van der Waals surface area (Å²) >= 11 is 1.64. The number of hydrogen-bond acceptors (Lipinski definition) is 4. The fourth-order valence-corrected chi connectivity index (χ4v) is 3.56. The SMILES string of the molecule is c1ccc2c(c1)CCCC2=NNc1nc2ccccc2s1. The Labute approximate surface area is 127 Å². The number of anilines is 1. The molecule has 0 saturated carbocycles. The molecule has 0 fully saturated rings. The first-order valence-corrected chi connectivity index (χ1v) is 7.98. The molecular formula is C17H15N3S. The van der Waals surface area contributed by atoms with Crippen LogP contribution in [0.2, 0.25) is 0 Å². The Balaban J connectivity index is 1.64. The first kappa shape index (κ1) is 12.5. The lowest BCUT2D eigenvalue weighted by Crippen LogP contribution is -2.13. The lowest BCUT2D eigenvalue weighted by atomic mass is 9.90. The fourth-order valence-electron chi connectivity index (χ4n) is 2.75. The van der Waals surface area contributed by atoms with Crippen LogP contribution in [-0.4, -0.2) is 10.7 Å². The zero-order valence-electron chi connectivity index (χ0n) is 11.5. The molecule has 0 radical (unpaired) electrons. The first-order valence-electron chi connectivity index (χ1n) is 7.16. The molecule has 0 spiro atoms. The molecule has 0 amide bonds. The Kier molecular flexibility index (Phi) is 3.16. The second-order valence-corrected chi connectivity index (χ2v) is 6.20. The highest BCUT2D eigenvalue weighted by Crippen LogP contribution is 2.26. The number of para-hydroxylation sites is 1. The zero-order chi connectivity index (χ0) is 14.1. The molecular weight excluding hydrogens is 278 g/mol. The molecule has 0 bridgehead atoms. The molecule has 1 heterocycles. The highest BCUT2D eigenvalue weighted by molar-refractivity contribution is 7.22. The molecule has 0 unspecified atom stereocenters. The molecule has 21 heavy (non-hydrogen) atoms. The maximum atomic E-state index is 4.60. The molecule has 0 saturated heterocycles. The lowest BCUT2D eigenvalue weighted by molar-refractivity contribution is 0.837. The quantitative estimate of drug-likeness (QED) is 0.709. The van der Waals surface area contributed by atoms with E-state index in [9.17, 15) is 0 Å². The molecule has 4 rings (SSSR count). The van der Waals surface area contributed by atoms with Crippen LogP contribution in [0, 0.1) is 0 Å². The summed E-state index contributed by atoms with van der Waals surface area (Å²) in [4.78, 5) is 4.55. The van der Waals surface area contributed by atoms with Crippen molar-refractivity contribution in [3.05, 3.63) is 59.7 Å². The Morgan fingerprint density at radius 2 is 1.86 bits per heavy atom. The van der Waals surface area contributed by atoms with E-state index >= 15 is 0 Å². The van der Waals surface area contributed by atoms with Crippen molar-refractivity contribution < 1.29 is 0 Å². The van der Waals surface area contributed by atoms with Crippen molar-refractivity contribution >= 4 is 32.4 Å². The van der Waals surface area contributed by atoms with Crippen molar-refractivity contribution in [2.24, 2.45) is 5.10 Å². The zero-order valence-corrected chi connectivity index (χ0v) is 12.4. The number of fused-ring (bicyclic) bond motifs is 2. The minimum atomic E-state index is 0.853. The van der Waals surface area contributed by atoms with Crippen LogP contribution in [-0.2, 0) is 6.42 Å². The fraction of sp³-hybridized carbons (Fsp3) is 0.176. The summed E-state index contributed by atoms with van der Waals surface area (Å²) in [6, 6.07) is 16.7. The number of aromatic nitrogens is 1. The number of benzene rings is 2. The van der Waals surface area contributed by atoms with Gasteiger partial charge in [0.15, 0.2) is 0 Å². The largest absolute Gasteiger partial charge is 0.252 e. The van der Waals surface area contributed by atoms with Gasteiger partial charge in [-0.15, -0.1) is 0 Å². The molecule has 1 aliphatic rings. The van der Waals surface area contributed by atoms with Crippen LogP contribution in [0.1, 0.15) is 24.0 Å². The van der Waals surface area contributed by atoms with Crippen LogP contribution in [0.25, 0.3) is 10.2 Å². The van der Waals surface area contributed by atoms with Crippen LogP contribution in [0.4, 0.5) is 5.13 Å². The van der Waals surface area contributed by atoms with Gasteiger partial charge >= 0.3 is 0 Å². The number of thiazole rings is 1. The molecule has 3 aromatic rings. The summed E-state index contributed by atoms with van der Waals surface area (Å²) in [5, 5.41) is 5.46. The lowest BCUT2D eigenvalue weighted by Gasteiger charge is -2.17. The maximum Gasteiger partial charge on any atom is 0.204 e. The molecule has 4 heteroatoms. The minimum Gasteiger partial charge on any atom is -0.252 e. The van der Waals surface area contributed by atoms with Crippen LogP contribution in [0.5, 0.6) is 0 Å². The molecule has 3 nitrogen and oxygen atoms in total. The highest BCUT2D eigenvalue weighted by Gasteiger charge is 2.14. The average molecular weight is 293 g/mol. The molecule has 0 atom stereocenters. The van der Waals surface area contributed by atoms with Gasteiger partial charge in [-0.3, -0.25) is 5.43 Å². The predicted molar refractivity (Wildman–Crippen MR) is 89.2 cm³/mol. The number of rotatable bonds is 2. The Morgan fingerprint density at radius 1 is 1.00 bits per heavy atom. The molecule has 1 N–H and O–H groups in total. The van der Waals surface area contributed by atoms with Crippen molar-refractivity contribution in [2.45, 2.75) is 19.3 Å². The number of hydrazone groups is 1. The van der Waals surface area contributed by atoms with Crippen LogP contribution in [0.3, 0.4) is 0 Å².